The predicted octanol–water partition coefficient (Wildman–Crippen LogP) is 2.34. The van der Waals surface area contributed by atoms with Crippen LogP contribution in [-0.2, 0) is 0 Å². The number of ether oxygens (including phenoxy) is 1. The average Bonchev–Trinajstić information content (AvgIpc) is 3.29. The molecule has 1 amide bonds. The maximum Gasteiger partial charge on any atom is 0.278 e. The smallest absolute Gasteiger partial charge is 0.278 e. The first kappa shape index (κ1) is 17.5. The molecule has 0 bridgehead atoms. The van der Waals surface area contributed by atoms with Crippen LogP contribution in [0.25, 0.3) is 5.69 Å². The molecule has 2 heterocycles. The first-order valence-electron chi connectivity index (χ1n) is 8.82. The van der Waals surface area contributed by atoms with Crippen molar-refractivity contribution in [3.63, 3.8) is 0 Å². The minimum absolute atomic E-state index is 0.0952. The summed E-state index contributed by atoms with van der Waals surface area (Å²) in [4.78, 5) is 14.8. The summed E-state index contributed by atoms with van der Waals surface area (Å²) in [6.07, 6.45) is 2.76. The first-order valence-corrected chi connectivity index (χ1v) is 8.82. The average molecular weight is 342 g/mol. The van der Waals surface area contributed by atoms with Gasteiger partial charge in [-0.15, -0.1) is 0 Å². The second kappa shape index (κ2) is 7.70. The number of carbonyl (C=O) groups is 1. The Bertz CT molecular complexity index is 705. The van der Waals surface area contributed by atoms with Crippen LogP contribution in [0.2, 0.25) is 0 Å². The van der Waals surface area contributed by atoms with E-state index in [2.05, 4.69) is 24.3 Å². The third-order valence-corrected chi connectivity index (χ3v) is 4.38. The van der Waals surface area contributed by atoms with Crippen LogP contribution in [0.5, 0.6) is 5.75 Å². The molecule has 0 radical (unpaired) electrons. The number of nitrogens with one attached hydrogen (secondary N) is 1. The number of amides is 1. The molecule has 0 aliphatic carbocycles. The van der Waals surface area contributed by atoms with Crippen LogP contribution in [0.3, 0.4) is 0 Å². The molecular weight excluding hydrogens is 316 g/mol. The van der Waals surface area contributed by atoms with E-state index in [1.165, 1.54) is 0 Å². The molecule has 134 valence electrons. The van der Waals surface area contributed by atoms with E-state index < -0.39 is 0 Å². The van der Waals surface area contributed by atoms with Crippen molar-refractivity contribution in [3.05, 3.63) is 42.2 Å². The summed E-state index contributed by atoms with van der Waals surface area (Å²) < 4.78 is 7.60. The molecule has 1 aliphatic rings. The van der Waals surface area contributed by atoms with Crippen molar-refractivity contribution >= 4 is 5.91 Å². The van der Waals surface area contributed by atoms with Gasteiger partial charge in [0.15, 0.2) is 11.4 Å². The summed E-state index contributed by atoms with van der Waals surface area (Å²) in [6, 6.07) is 9.96. The molecule has 6 heteroatoms. The van der Waals surface area contributed by atoms with Gasteiger partial charge in [0.2, 0.25) is 0 Å². The molecule has 1 atom stereocenters. The summed E-state index contributed by atoms with van der Waals surface area (Å²) in [5.74, 6) is 0.822. The van der Waals surface area contributed by atoms with Crippen LogP contribution in [0.1, 0.15) is 30.8 Å². The lowest BCUT2D eigenvalue weighted by atomic mass is 10.2. The summed E-state index contributed by atoms with van der Waals surface area (Å²) >= 11 is 0. The summed E-state index contributed by atoms with van der Waals surface area (Å²) in [5, 5.41) is 7.83. The predicted molar refractivity (Wildman–Crippen MR) is 97.3 cm³/mol. The number of aromatic nitrogens is 2. The summed E-state index contributed by atoms with van der Waals surface area (Å²) in [6.45, 7) is 6.48. The lowest BCUT2D eigenvalue weighted by Crippen LogP contribution is -2.38. The van der Waals surface area contributed by atoms with Gasteiger partial charge in [-0.2, -0.15) is 5.10 Å². The van der Waals surface area contributed by atoms with Crippen LogP contribution >= 0.6 is 0 Å². The number of hydrogen-bond donors (Lipinski definition) is 1. The van der Waals surface area contributed by atoms with Gasteiger partial charge in [-0.3, -0.25) is 4.79 Å². The van der Waals surface area contributed by atoms with Crippen LogP contribution in [0.4, 0.5) is 0 Å². The van der Waals surface area contributed by atoms with Crippen molar-refractivity contribution < 1.29 is 9.53 Å². The minimum atomic E-state index is -0.0952. The number of hydrogen-bond acceptors (Lipinski definition) is 4. The van der Waals surface area contributed by atoms with Crippen LogP contribution < -0.4 is 10.1 Å². The second-order valence-corrected chi connectivity index (χ2v) is 6.89. The normalized spacial score (nSPS) is 17.0. The fraction of sp³-hybridized carbons (Fsp3) is 0.474. The molecule has 1 aliphatic heterocycles. The van der Waals surface area contributed by atoms with Crippen LogP contribution in [0.15, 0.2) is 36.5 Å². The van der Waals surface area contributed by atoms with Crippen molar-refractivity contribution in [1.82, 2.24) is 20.0 Å². The Morgan fingerprint density at radius 2 is 2.16 bits per heavy atom. The third kappa shape index (κ3) is 4.02. The van der Waals surface area contributed by atoms with Gasteiger partial charge in [-0.05, 0) is 31.0 Å². The number of benzene rings is 1. The van der Waals surface area contributed by atoms with E-state index in [9.17, 15) is 4.79 Å². The largest absolute Gasteiger partial charge is 0.489 e. The highest BCUT2D eigenvalue weighted by Crippen LogP contribution is 2.23. The Balaban J connectivity index is 1.89. The fourth-order valence-electron chi connectivity index (χ4n) is 2.88. The molecular formula is C19H26N4O2. The molecule has 3 rings (SSSR count). The van der Waals surface area contributed by atoms with E-state index in [0.717, 1.165) is 25.2 Å². The SMILES string of the molecule is CC(C)COc1cn(-c2ccccc2)nc1C(=O)N(C)C1CCNC1. The molecule has 25 heavy (non-hydrogen) atoms. The highest BCUT2D eigenvalue weighted by Gasteiger charge is 2.28. The molecule has 0 saturated carbocycles. The van der Waals surface area contributed by atoms with Crippen molar-refractivity contribution in [2.45, 2.75) is 26.3 Å². The van der Waals surface area contributed by atoms with E-state index >= 15 is 0 Å². The van der Waals surface area contributed by atoms with Crippen molar-refractivity contribution in [2.75, 3.05) is 26.7 Å². The van der Waals surface area contributed by atoms with E-state index in [0.29, 0.717) is 24.0 Å². The molecule has 0 spiro atoms. The number of rotatable bonds is 6. The maximum absolute atomic E-state index is 13.0. The van der Waals surface area contributed by atoms with E-state index in [-0.39, 0.29) is 11.9 Å². The Morgan fingerprint density at radius 3 is 2.80 bits per heavy atom. The quantitative estimate of drug-likeness (QED) is 0.875. The lowest BCUT2D eigenvalue weighted by Gasteiger charge is -2.23. The first-order chi connectivity index (χ1) is 12.1. The van der Waals surface area contributed by atoms with Gasteiger partial charge in [0.25, 0.3) is 5.91 Å². The third-order valence-electron chi connectivity index (χ3n) is 4.38. The van der Waals surface area contributed by atoms with E-state index in [1.807, 2.05) is 37.4 Å². The Kier molecular flexibility index (Phi) is 5.38. The molecule has 2 aromatic rings. The van der Waals surface area contributed by atoms with Gasteiger partial charge < -0.3 is 15.0 Å². The zero-order valence-electron chi connectivity index (χ0n) is 15.1. The van der Waals surface area contributed by atoms with Crippen molar-refractivity contribution in [3.8, 4) is 11.4 Å². The number of para-hydroxylation sites is 1. The maximum atomic E-state index is 13.0. The van der Waals surface area contributed by atoms with Crippen LogP contribution in [0, 0.1) is 5.92 Å². The summed E-state index contributed by atoms with van der Waals surface area (Å²) in [5.41, 5.74) is 1.28. The van der Waals surface area contributed by atoms with Gasteiger partial charge in [-0.1, -0.05) is 32.0 Å². The Hall–Kier alpha value is -2.34. The zero-order chi connectivity index (χ0) is 17.8. The summed E-state index contributed by atoms with van der Waals surface area (Å²) in [7, 11) is 1.84. The highest BCUT2D eigenvalue weighted by molar-refractivity contribution is 5.95. The molecule has 1 fully saturated rings. The highest BCUT2D eigenvalue weighted by atomic mass is 16.5. The van der Waals surface area contributed by atoms with E-state index in [1.54, 1.807) is 15.8 Å². The Morgan fingerprint density at radius 1 is 1.40 bits per heavy atom. The number of nitrogens with zero attached hydrogens (tertiary/aromatic N) is 3. The molecule has 1 saturated heterocycles. The Labute approximate surface area is 148 Å². The van der Waals surface area contributed by atoms with E-state index in [4.69, 9.17) is 4.74 Å². The van der Waals surface area contributed by atoms with Gasteiger partial charge in [-0.25, -0.2) is 4.68 Å². The molecule has 1 unspecified atom stereocenters. The number of likely N-dealkylation sites (N-methyl/N-ethyl adjacent to an activating group) is 1. The zero-order valence-corrected chi connectivity index (χ0v) is 15.1. The fourth-order valence-corrected chi connectivity index (χ4v) is 2.88. The minimum Gasteiger partial charge on any atom is -0.489 e. The second-order valence-electron chi connectivity index (χ2n) is 6.89. The van der Waals surface area contributed by atoms with Crippen LogP contribution in [-0.4, -0.2) is 53.4 Å². The van der Waals surface area contributed by atoms with Gasteiger partial charge in [0.05, 0.1) is 18.5 Å². The van der Waals surface area contributed by atoms with Gasteiger partial charge in [0, 0.05) is 19.6 Å². The topological polar surface area (TPSA) is 59.4 Å². The molecule has 1 aromatic heterocycles. The van der Waals surface area contributed by atoms with Crippen molar-refractivity contribution in [2.24, 2.45) is 5.92 Å². The molecule has 1 N–H and O–H groups in total. The molecule has 1 aromatic carbocycles. The standard InChI is InChI=1S/C19H26N4O2/c1-14(2)13-25-17-12-23(15-7-5-4-6-8-15)21-18(17)19(24)22(3)16-9-10-20-11-16/h4-8,12,14,16,20H,9-11,13H2,1-3H3. The number of carbonyl (C=O) groups excluding carboxylic acids is 1. The monoisotopic (exact) mass is 342 g/mol. The lowest BCUT2D eigenvalue weighted by molar-refractivity contribution is 0.0732. The molecule has 6 nitrogen and oxygen atoms in total. The van der Waals surface area contributed by atoms with Gasteiger partial charge >= 0.3 is 0 Å². The van der Waals surface area contributed by atoms with Crippen molar-refractivity contribution in [1.29, 1.82) is 0 Å². The van der Waals surface area contributed by atoms with Gasteiger partial charge in [0.1, 0.15) is 0 Å².